The second-order valence-corrected chi connectivity index (χ2v) is 3.19. The van der Waals surface area contributed by atoms with Gasteiger partial charge in [0.25, 0.3) is 0 Å². The summed E-state index contributed by atoms with van der Waals surface area (Å²) in [5.74, 6) is -0.233. The number of hydrogen-bond acceptors (Lipinski definition) is 3. The Morgan fingerprint density at radius 3 is 2.83 bits per heavy atom. The Morgan fingerprint density at radius 2 is 2.42 bits per heavy atom. The van der Waals surface area contributed by atoms with Crippen LogP contribution in [0.3, 0.4) is 0 Å². The van der Waals surface area contributed by atoms with Crippen LogP contribution in [0, 0.1) is 0 Å². The first-order chi connectivity index (χ1) is 5.59. The van der Waals surface area contributed by atoms with Gasteiger partial charge in [-0.25, -0.2) is 4.79 Å². The van der Waals surface area contributed by atoms with E-state index in [-0.39, 0.29) is 18.2 Å². The summed E-state index contributed by atoms with van der Waals surface area (Å²) in [7, 11) is 0. The van der Waals surface area contributed by atoms with Gasteiger partial charge in [0.2, 0.25) is 0 Å². The van der Waals surface area contributed by atoms with Gasteiger partial charge in [0.1, 0.15) is 6.10 Å². The largest absolute Gasteiger partial charge is 0.455 e. The van der Waals surface area contributed by atoms with Crippen LogP contribution < -0.4 is 0 Å². The molecule has 68 valence electrons. The molecular formula is C9H14O3. The average molecular weight is 170 g/mol. The van der Waals surface area contributed by atoms with Crippen molar-refractivity contribution in [1.29, 1.82) is 0 Å². The highest BCUT2D eigenvalue weighted by molar-refractivity contribution is 5.90. The van der Waals surface area contributed by atoms with Crippen molar-refractivity contribution in [2.45, 2.75) is 38.9 Å². The molecule has 1 N–H and O–H groups in total. The fourth-order valence-electron chi connectivity index (χ4n) is 1.18. The van der Waals surface area contributed by atoms with E-state index in [0.717, 1.165) is 0 Å². The number of aliphatic hydroxyl groups excluding tert-OH is 1. The van der Waals surface area contributed by atoms with Crippen LogP contribution in [0.2, 0.25) is 0 Å². The molecule has 0 bridgehead atoms. The lowest BCUT2D eigenvalue weighted by atomic mass is 10.1. The van der Waals surface area contributed by atoms with E-state index in [9.17, 15) is 4.79 Å². The highest BCUT2D eigenvalue weighted by Gasteiger charge is 2.21. The molecule has 1 rings (SSSR count). The van der Waals surface area contributed by atoms with Crippen LogP contribution in [0.4, 0.5) is 0 Å². The average Bonchev–Trinajstić information content (AvgIpc) is 2.26. The van der Waals surface area contributed by atoms with Crippen LogP contribution in [0.1, 0.15) is 26.7 Å². The molecule has 0 radical (unpaired) electrons. The zero-order valence-corrected chi connectivity index (χ0v) is 7.41. The molecule has 0 aliphatic carbocycles. The Kier molecular flexibility index (Phi) is 2.87. The van der Waals surface area contributed by atoms with Crippen molar-refractivity contribution >= 4 is 5.97 Å². The predicted molar refractivity (Wildman–Crippen MR) is 44.6 cm³/mol. The molecule has 1 heterocycles. The third-order valence-electron chi connectivity index (χ3n) is 1.82. The van der Waals surface area contributed by atoms with E-state index in [4.69, 9.17) is 9.84 Å². The van der Waals surface area contributed by atoms with Gasteiger partial charge < -0.3 is 9.84 Å². The van der Waals surface area contributed by atoms with Gasteiger partial charge in [-0.2, -0.15) is 0 Å². The molecule has 0 fully saturated rings. The Bertz CT molecular complexity index is 206. The van der Waals surface area contributed by atoms with Crippen LogP contribution in [-0.4, -0.2) is 23.3 Å². The topological polar surface area (TPSA) is 46.5 Å². The number of carbonyl (C=O) groups excluding carboxylic acids is 1. The van der Waals surface area contributed by atoms with E-state index in [0.29, 0.717) is 18.4 Å². The third-order valence-corrected chi connectivity index (χ3v) is 1.82. The first kappa shape index (κ1) is 9.26. The smallest absolute Gasteiger partial charge is 0.334 e. The zero-order chi connectivity index (χ0) is 9.14. The van der Waals surface area contributed by atoms with E-state index in [1.54, 1.807) is 6.92 Å². The van der Waals surface area contributed by atoms with Gasteiger partial charge in [-0.3, -0.25) is 0 Å². The maximum Gasteiger partial charge on any atom is 0.334 e. The molecule has 0 spiro atoms. The summed E-state index contributed by atoms with van der Waals surface area (Å²) < 4.78 is 4.89. The van der Waals surface area contributed by atoms with E-state index >= 15 is 0 Å². The zero-order valence-electron chi connectivity index (χ0n) is 7.41. The van der Waals surface area contributed by atoms with Crippen molar-refractivity contribution in [2.24, 2.45) is 0 Å². The normalized spacial score (nSPS) is 25.1. The monoisotopic (exact) mass is 170 g/mol. The Labute approximate surface area is 72.0 Å². The van der Waals surface area contributed by atoms with E-state index in [1.807, 2.05) is 13.0 Å². The maximum absolute atomic E-state index is 11.0. The Balaban J connectivity index is 2.41. The summed E-state index contributed by atoms with van der Waals surface area (Å²) in [5.41, 5.74) is 0.698. The highest BCUT2D eigenvalue weighted by atomic mass is 16.5. The second kappa shape index (κ2) is 3.72. The van der Waals surface area contributed by atoms with Gasteiger partial charge in [-0.05, 0) is 32.8 Å². The molecule has 0 saturated heterocycles. The molecule has 0 saturated carbocycles. The lowest BCUT2D eigenvalue weighted by Gasteiger charge is -2.02. The fourth-order valence-corrected chi connectivity index (χ4v) is 1.18. The molecule has 3 heteroatoms. The first-order valence-electron chi connectivity index (χ1n) is 4.19. The molecule has 2 atom stereocenters. The SMILES string of the molecule is C[C@H](O)CCC1=C[C@H](C)OC1=O. The molecule has 1 aliphatic rings. The minimum absolute atomic E-state index is 0.0958. The lowest BCUT2D eigenvalue weighted by Crippen LogP contribution is -2.06. The molecule has 0 aromatic carbocycles. The number of ether oxygens (including phenoxy) is 1. The van der Waals surface area contributed by atoms with Crippen molar-refractivity contribution < 1.29 is 14.6 Å². The Hall–Kier alpha value is -0.830. The minimum Gasteiger partial charge on any atom is -0.455 e. The van der Waals surface area contributed by atoms with E-state index in [1.165, 1.54) is 0 Å². The number of esters is 1. The van der Waals surface area contributed by atoms with Crippen LogP contribution >= 0.6 is 0 Å². The van der Waals surface area contributed by atoms with Crippen LogP contribution in [0.25, 0.3) is 0 Å². The first-order valence-corrected chi connectivity index (χ1v) is 4.19. The van der Waals surface area contributed by atoms with Crippen LogP contribution in [0.15, 0.2) is 11.6 Å². The summed E-state index contributed by atoms with van der Waals surface area (Å²) in [5, 5.41) is 8.99. The minimum atomic E-state index is -0.352. The summed E-state index contributed by atoms with van der Waals surface area (Å²) in [6, 6.07) is 0. The van der Waals surface area contributed by atoms with E-state index < -0.39 is 0 Å². The summed E-state index contributed by atoms with van der Waals surface area (Å²) in [6.45, 7) is 3.54. The van der Waals surface area contributed by atoms with Crippen molar-refractivity contribution in [3.05, 3.63) is 11.6 Å². The van der Waals surface area contributed by atoms with Gasteiger partial charge >= 0.3 is 5.97 Å². The maximum atomic E-state index is 11.0. The Morgan fingerprint density at radius 1 is 1.75 bits per heavy atom. The van der Waals surface area contributed by atoms with Crippen molar-refractivity contribution in [3.8, 4) is 0 Å². The predicted octanol–water partition coefficient (Wildman–Crippen LogP) is 1.02. The number of cyclic esters (lactones) is 1. The van der Waals surface area contributed by atoms with Crippen molar-refractivity contribution in [3.63, 3.8) is 0 Å². The molecule has 0 unspecified atom stereocenters. The summed E-state index contributed by atoms with van der Waals surface area (Å²) >= 11 is 0. The molecular weight excluding hydrogens is 156 g/mol. The van der Waals surface area contributed by atoms with E-state index in [2.05, 4.69) is 0 Å². The number of carbonyl (C=O) groups is 1. The molecule has 3 nitrogen and oxygen atoms in total. The van der Waals surface area contributed by atoms with Crippen LogP contribution in [-0.2, 0) is 9.53 Å². The van der Waals surface area contributed by atoms with Gasteiger partial charge in [0.05, 0.1) is 6.10 Å². The fraction of sp³-hybridized carbons (Fsp3) is 0.667. The second-order valence-electron chi connectivity index (χ2n) is 3.19. The molecule has 1 aliphatic heterocycles. The summed E-state index contributed by atoms with van der Waals surface area (Å²) in [6.07, 6.45) is 2.59. The van der Waals surface area contributed by atoms with Crippen molar-refractivity contribution in [2.75, 3.05) is 0 Å². The van der Waals surface area contributed by atoms with Crippen LogP contribution in [0.5, 0.6) is 0 Å². The standard InChI is InChI=1S/C9H14O3/c1-6(10)3-4-8-5-7(2)12-9(8)11/h5-7,10H,3-4H2,1-2H3/t6-,7-/m0/s1. The summed E-state index contributed by atoms with van der Waals surface area (Å²) in [4.78, 5) is 11.0. The van der Waals surface area contributed by atoms with Gasteiger partial charge in [0, 0.05) is 5.57 Å². The van der Waals surface area contributed by atoms with Gasteiger partial charge in [-0.15, -0.1) is 0 Å². The number of hydrogen-bond donors (Lipinski definition) is 1. The van der Waals surface area contributed by atoms with Gasteiger partial charge in [0.15, 0.2) is 0 Å². The van der Waals surface area contributed by atoms with Crippen molar-refractivity contribution in [1.82, 2.24) is 0 Å². The highest BCUT2D eigenvalue weighted by Crippen LogP contribution is 2.18. The lowest BCUT2D eigenvalue weighted by molar-refractivity contribution is -0.139. The molecule has 0 aromatic rings. The molecule has 0 aromatic heterocycles. The third kappa shape index (κ3) is 2.34. The number of aliphatic hydroxyl groups is 1. The van der Waals surface area contributed by atoms with Gasteiger partial charge in [-0.1, -0.05) is 0 Å². The molecule has 12 heavy (non-hydrogen) atoms. The quantitative estimate of drug-likeness (QED) is 0.643. The number of rotatable bonds is 3. The molecule has 0 amide bonds.